The Kier molecular flexibility index (Phi) is 9.35. The van der Waals surface area contributed by atoms with E-state index >= 15 is 0 Å². The molecule has 0 spiro atoms. The van der Waals surface area contributed by atoms with Gasteiger partial charge >= 0.3 is 6.18 Å². The molecule has 2 rings (SSSR count). The van der Waals surface area contributed by atoms with Crippen LogP contribution in [0.4, 0.5) is 13.2 Å². The van der Waals surface area contributed by atoms with E-state index in [1.807, 2.05) is 24.3 Å². The van der Waals surface area contributed by atoms with Crippen molar-refractivity contribution in [2.24, 2.45) is 0 Å². The molecule has 0 aromatic heterocycles. The number of hydrogen-bond acceptors (Lipinski definition) is 2. The van der Waals surface area contributed by atoms with Gasteiger partial charge in [0.05, 0.1) is 12.2 Å². The zero-order valence-corrected chi connectivity index (χ0v) is 16.5. The maximum Gasteiger partial charge on any atom is 0.416 e. The Labute approximate surface area is 166 Å². The Morgan fingerprint density at radius 1 is 0.821 bits per heavy atom. The zero-order valence-electron chi connectivity index (χ0n) is 16.5. The van der Waals surface area contributed by atoms with E-state index < -0.39 is 11.7 Å². The van der Waals surface area contributed by atoms with Gasteiger partial charge in [-0.3, -0.25) is 0 Å². The van der Waals surface area contributed by atoms with Gasteiger partial charge in [-0.2, -0.15) is 13.2 Å². The van der Waals surface area contributed by atoms with Crippen molar-refractivity contribution in [2.75, 3.05) is 6.61 Å². The van der Waals surface area contributed by atoms with Crippen LogP contribution in [-0.2, 0) is 19.3 Å². The van der Waals surface area contributed by atoms with E-state index in [1.54, 1.807) is 6.07 Å². The third kappa shape index (κ3) is 7.93. The number of rotatable bonds is 12. The second-order valence-corrected chi connectivity index (χ2v) is 7.02. The van der Waals surface area contributed by atoms with Gasteiger partial charge in [0.15, 0.2) is 0 Å². The minimum absolute atomic E-state index is 0.173. The number of hydrogen-bond donors (Lipinski definition) is 1. The maximum atomic E-state index is 13.0. The molecule has 0 aliphatic rings. The summed E-state index contributed by atoms with van der Waals surface area (Å²) in [6.45, 7) is 3.61. The quantitative estimate of drug-likeness (QED) is 0.404. The van der Waals surface area contributed by atoms with Gasteiger partial charge in [0.1, 0.15) is 5.75 Å². The highest BCUT2D eigenvalue weighted by Crippen LogP contribution is 2.31. The molecule has 0 aliphatic heterocycles. The molecule has 0 bridgehead atoms. The molecule has 2 aromatic rings. The number of alkyl halides is 3. The van der Waals surface area contributed by atoms with E-state index in [-0.39, 0.29) is 12.1 Å². The molecule has 2 nitrogen and oxygen atoms in total. The molecule has 0 amide bonds. The maximum absolute atomic E-state index is 13.0. The summed E-state index contributed by atoms with van der Waals surface area (Å²) in [6, 6.07) is 13.4. The van der Waals surface area contributed by atoms with Crippen LogP contribution < -0.4 is 10.1 Å². The summed E-state index contributed by atoms with van der Waals surface area (Å²) < 4.78 is 44.8. The monoisotopic (exact) mass is 393 g/mol. The van der Waals surface area contributed by atoms with Crippen LogP contribution in [0.3, 0.4) is 0 Å². The molecule has 0 radical (unpaired) electrons. The van der Waals surface area contributed by atoms with Gasteiger partial charge in [-0.1, -0.05) is 69.4 Å². The highest BCUT2D eigenvalue weighted by molar-refractivity contribution is 5.30. The molecule has 0 atom stereocenters. The van der Waals surface area contributed by atoms with Crippen LogP contribution in [0.25, 0.3) is 0 Å². The third-order valence-corrected chi connectivity index (χ3v) is 4.66. The van der Waals surface area contributed by atoms with Gasteiger partial charge in [-0.05, 0) is 35.7 Å². The largest absolute Gasteiger partial charge is 0.494 e. The first-order valence-electron chi connectivity index (χ1n) is 10.1. The van der Waals surface area contributed by atoms with Crippen molar-refractivity contribution in [3.63, 3.8) is 0 Å². The molecular formula is C23H30F3NO. The predicted octanol–water partition coefficient (Wildman–Crippen LogP) is 6.73. The normalized spacial score (nSPS) is 11.6. The van der Waals surface area contributed by atoms with Gasteiger partial charge in [-0.15, -0.1) is 0 Å². The number of halogens is 3. The SMILES string of the molecule is CCCCCCCCOc1ccc(CNCc2ccccc2C(F)(F)F)cc1. The molecule has 0 saturated carbocycles. The molecule has 1 N–H and O–H groups in total. The van der Waals surface area contributed by atoms with Crippen LogP contribution in [0.5, 0.6) is 5.75 Å². The Morgan fingerprint density at radius 3 is 2.21 bits per heavy atom. The fourth-order valence-electron chi connectivity index (χ4n) is 3.07. The summed E-state index contributed by atoms with van der Waals surface area (Å²) in [5, 5.41) is 3.09. The van der Waals surface area contributed by atoms with Gasteiger partial charge in [-0.25, -0.2) is 0 Å². The Bertz CT molecular complexity index is 683. The molecule has 0 heterocycles. The fraction of sp³-hybridized carbons (Fsp3) is 0.478. The number of unbranched alkanes of at least 4 members (excludes halogenated alkanes) is 5. The summed E-state index contributed by atoms with van der Waals surface area (Å²) in [7, 11) is 0. The highest BCUT2D eigenvalue weighted by atomic mass is 19.4. The average Bonchev–Trinajstić information content (AvgIpc) is 2.68. The van der Waals surface area contributed by atoms with Gasteiger partial charge in [0.25, 0.3) is 0 Å². The molecular weight excluding hydrogens is 363 g/mol. The van der Waals surface area contributed by atoms with Crippen molar-refractivity contribution in [2.45, 2.75) is 64.7 Å². The first-order valence-corrected chi connectivity index (χ1v) is 10.1. The van der Waals surface area contributed by atoms with E-state index in [2.05, 4.69) is 12.2 Å². The smallest absolute Gasteiger partial charge is 0.416 e. The minimum Gasteiger partial charge on any atom is -0.494 e. The summed E-state index contributed by atoms with van der Waals surface area (Å²) in [5.41, 5.74) is 0.686. The molecule has 0 fully saturated rings. The molecule has 5 heteroatoms. The first-order chi connectivity index (χ1) is 13.5. The van der Waals surface area contributed by atoms with Crippen molar-refractivity contribution >= 4 is 0 Å². The molecule has 2 aromatic carbocycles. The summed E-state index contributed by atoms with van der Waals surface area (Å²) >= 11 is 0. The second kappa shape index (κ2) is 11.7. The van der Waals surface area contributed by atoms with Gasteiger partial charge in [0, 0.05) is 13.1 Å². The van der Waals surface area contributed by atoms with Crippen LogP contribution in [0.15, 0.2) is 48.5 Å². The first kappa shape index (κ1) is 22.3. The lowest BCUT2D eigenvalue weighted by molar-refractivity contribution is -0.138. The Balaban J connectivity index is 1.71. The minimum atomic E-state index is -4.33. The van der Waals surface area contributed by atoms with Crippen molar-refractivity contribution in [3.8, 4) is 5.75 Å². The Morgan fingerprint density at radius 2 is 1.50 bits per heavy atom. The number of ether oxygens (including phenoxy) is 1. The Hall–Kier alpha value is -2.01. The van der Waals surface area contributed by atoms with E-state index in [9.17, 15) is 13.2 Å². The van der Waals surface area contributed by atoms with Gasteiger partial charge < -0.3 is 10.1 Å². The number of benzene rings is 2. The van der Waals surface area contributed by atoms with Crippen molar-refractivity contribution in [1.82, 2.24) is 5.32 Å². The fourth-order valence-corrected chi connectivity index (χ4v) is 3.07. The average molecular weight is 393 g/mol. The van der Waals surface area contributed by atoms with Crippen molar-refractivity contribution < 1.29 is 17.9 Å². The molecule has 0 unspecified atom stereocenters. The van der Waals surface area contributed by atoms with Crippen LogP contribution in [0, 0.1) is 0 Å². The topological polar surface area (TPSA) is 21.3 Å². The number of nitrogens with one attached hydrogen (secondary N) is 1. The van der Waals surface area contributed by atoms with Crippen molar-refractivity contribution in [3.05, 3.63) is 65.2 Å². The van der Waals surface area contributed by atoms with E-state index in [1.165, 1.54) is 44.2 Å². The van der Waals surface area contributed by atoms with Crippen LogP contribution >= 0.6 is 0 Å². The zero-order chi connectivity index (χ0) is 20.2. The van der Waals surface area contributed by atoms with Crippen LogP contribution in [0.1, 0.15) is 62.1 Å². The van der Waals surface area contributed by atoms with E-state index in [0.29, 0.717) is 6.54 Å². The molecule has 0 aliphatic carbocycles. The standard InChI is InChI=1S/C23H30F3NO/c1-2-3-4-5-6-9-16-28-21-14-12-19(13-15-21)17-27-18-20-10-7-8-11-22(20)23(24,25)26/h7-8,10-15,27H,2-6,9,16-18H2,1H3. The highest BCUT2D eigenvalue weighted by Gasteiger charge is 2.32. The summed E-state index contributed by atoms with van der Waals surface area (Å²) in [6.07, 6.45) is 3.05. The molecule has 28 heavy (non-hydrogen) atoms. The van der Waals surface area contributed by atoms with Crippen LogP contribution in [-0.4, -0.2) is 6.61 Å². The van der Waals surface area contributed by atoms with Crippen molar-refractivity contribution in [1.29, 1.82) is 0 Å². The third-order valence-electron chi connectivity index (χ3n) is 4.66. The van der Waals surface area contributed by atoms with E-state index in [4.69, 9.17) is 4.74 Å². The second-order valence-electron chi connectivity index (χ2n) is 7.02. The lowest BCUT2D eigenvalue weighted by Gasteiger charge is -2.13. The molecule has 0 saturated heterocycles. The van der Waals surface area contributed by atoms with Crippen LogP contribution in [0.2, 0.25) is 0 Å². The lowest BCUT2D eigenvalue weighted by Crippen LogP contribution is -2.17. The van der Waals surface area contributed by atoms with Gasteiger partial charge in [0.2, 0.25) is 0 Å². The predicted molar refractivity (Wildman–Crippen MR) is 107 cm³/mol. The van der Waals surface area contributed by atoms with E-state index in [0.717, 1.165) is 30.4 Å². The molecule has 154 valence electrons. The summed E-state index contributed by atoms with van der Waals surface area (Å²) in [5.74, 6) is 0.833. The summed E-state index contributed by atoms with van der Waals surface area (Å²) in [4.78, 5) is 0. The lowest BCUT2D eigenvalue weighted by atomic mass is 10.1.